The quantitative estimate of drug-likeness (QED) is 0.674. The van der Waals surface area contributed by atoms with Gasteiger partial charge in [-0.05, 0) is 54.4 Å². The van der Waals surface area contributed by atoms with Crippen LogP contribution in [-0.2, 0) is 16.1 Å². The van der Waals surface area contributed by atoms with Crippen molar-refractivity contribution in [3.8, 4) is 0 Å². The SMILES string of the molecule is Cc1ccc(C2=C(Nc3ccc(F)cc3)C(=O)N(Cc3ccncc3)C2=O)cc1. The molecule has 3 aromatic rings. The van der Waals surface area contributed by atoms with E-state index in [4.69, 9.17) is 0 Å². The van der Waals surface area contributed by atoms with Crippen molar-refractivity contribution in [3.63, 3.8) is 0 Å². The second-order valence-corrected chi connectivity index (χ2v) is 6.80. The van der Waals surface area contributed by atoms with Gasteiger partial charge in [-0.3, -0.25) is 19.5 Å². The van der Waals surface area contributed by atoms with Gasteiger partial charge in [-0.2, -0.15) is 0 Å². The molecule has 29 heavy (non-hydrogen) atoms. The summed E-state index contributed by atoms with van der Waals surface area (Å²) in [5.74, 6) is -1.18. The first-order valence-electron chi connectivity index (χ1n) is 9.12. The molecule has 4 rings (SSSR count). The number of hydrogen-bond donors (Lipinski definition) is 1. The molecule has 6 heteroatoms. The number of aromatic nitrogens is 1. The number of hydrogen-bond acceptors (Lipinski definition) is 4. The van der Waals surface area contributed by atoms with Crippen LogP contribution in [-0.4, -0.2) is 21.7 Å². The molecule has 0 radical (unpaired) electrons. The average Bonchev–Trinajstić information content (AvgIpc) is 2.95. The van der Waals surface area contributed by atoms with Gasteiger partial charge in [0, 0.05) is 18.1 Å². The highest BCUT2D eigenvalue weighted by molar-refractivity contribution is 6.36. The monoisotopic (exact) mass is 387 g/mol. The van der Waals surface area contributed by atoms with E-state index in [-0.39, 0.29) is 24.0 Å². The van der Waals surface area contributed by atoms with Crippen LogP contribution < -0.4 is 5.32 Å². The third-order valence-corrected chi connectivity index (χ3v) is 4.71. The maximum atomic E-state index is 13.2. The van der Waals surface area contributed by atoms with E-state index >= 15 is 0 Å². The maximum absolute atomic E-state index is 13.2. The minimum absolute atomic E-state index is 0.143. The summed E-state index contributed by atoms with van der Waals surface area (Å²) in [6, 6.07) is 16.6. The number of nitrogens with one attached hydrogen (secondary N) is 1. The van der Waals surface area contributed by atoms with Crippen molar-refractivity contribution < 1.29 is 14.0 Å². The van der Waals surface area contributed by atoms with Gasteiger partial charge in [-0.1, -0.05) is 29.8 Å². The molecule has 1 N–H and O–H groups in total. The summed E-state index contributed by atoms with van der Waals surface area (Å²) < 4.78 is 13.2. The third-order valence-electron chi connectivity index (χ3n) is 4.71. The topological polar surface area (TPSA) is 62.3 Å². The molecule has 0 unspecified atom stereocenters. The van der Waals surface area contributed by atoms with Crippen LogP contribution in [0.25, 0.3) is 5.57 Å². The van der Waals surface area contributed by atoms with Crippen molar-refractivity contribution in [1.82, 2.24) is 9.88 Å². The fourth-order valence-corrected chi connectivity index (χ4v) is 3.17. The Kier molecular flexibility index (Phi) is 4.91. The largest absolute Gasteiger partial charge is 0.350 e. The summed E-state index contributed by atoms with van der Waals surface area (Å²) in [5.41, 5.74) is 3.50. The molecule has 5 nitrogen and oxygen atoms in total. The Labute approximate surface area is 167 Å². The molecule has 2 aromatic carbocycles. The molecule has 2 amide bonds. The molecule has 1 aliphatic rings. The number of carbonyl (C=O) groups is 2. The highest BCUT2D eigenvalue weighted by atomic mass is 19.1. The summed E-state index contributed by atoms with van der Waals surface area (Å²) in [7, 11) is 0. The fraction of sp³-hybridized carbons (Fsp3) is 0.0870. The molecule has 0 atom stereocenters. The number of pyridine rings is 1. The van der Waals surface area contributed by atoms with Gasteiger partial charge in [0.2, 0.25) is 0 Å². The van der Waals surface area contributed by atoms with Gasteiger partial charge < -0.3 is 5.32 Å². The van der Waals surface area contributed by atoms with Crippen molar-refractivity contribution in [2.75, 3.05) is 5.32 Å². The Morgan fingerprint density at radius 3 is 2.21 bits per heavy atom. The third kappa shape index (κ3) is 3.78. The molecule has 0 fully saturated rings. The molecule has 0 bridgehead atoms. The van der Waals surface area contributed by atoms with Crippen molar-refractivity contribution in [1.29, 1.82) is 0 Å². The predicted octanol–water partition coefficient (Wildman–Crippen LogP) is 3.92. The van der Waals surface area contributed by atoms with Crippen LogP contribution in [0.4, 0.5) is 10.1 Å². The van der Waals surface area contributed by atoms with Crippen LogP contribution in [0.3, 0.4) is 0 Å². The zero-order valence-corrected chi connectivity index (χ0v) is 15.7. The van der Waals surface area contributed by atoms with Crippen molar-refractivity contribution in [2.45, 2.75) is 13.5 Å². The Morgan fingerprint density at radius 1 is 0.897 bits per heavy atom. The van der Waals surface area contributed by atoms with Crippen LogP contribution in [0, 0.1) is 12.7 Å². The lowest BCUT2D eigenvalue weighted by Gasteiger charge is -2.15. The summed E-state index contributed by atoms with van der Waals surface area (Å²) in [6.45, 7) is 2.09. The van der Waals surface area contributed by atoms with Gasteiger partial charge in [0.15, 0.2) is 0 Å². The molecule has 0 saturated heterocycles. The molecule has 1 aliphatic heterocycles. The van der Waals surface area contributed by atoms with E-state index in [2.05, 4.69) is 10.3 Å². The summed E-state index contributed by atoms with van der Waals surface area (Å²) in [6.07, 6.45) is 3.23. The van der Waals surface area contributed by atoms with E-state index < -0.39 is 5.91 Å². The second kappa shape index (κ2) is 7.67. The standard InChI is InChI=1S/C23H18FN3O2/c1-15-2-4-17(5-3-15)20-21(26-19-8-6-18(24)7-9-19)23(29)27(22(20)28)14-16-10-12-25-13-11-16/h2-13,26H,14H2,1H3. The zero-order chi connectivity index (χ0) is 20.4. The van der Waals surface area contributed by atoms with E-state index in [0.717, 1.165) is 11.1 Å². The molecule has 0 spiro atoms. The van der Waals surface area contributed by atoms with Gasteiger partial charge in [0.05, 0.1) is 12.1 Å². The summed E-state index contributed by atoms with van der Waals surface area (Å²) >= 11 is 0. The normalized spacial score (nSPS) is 13.9. The van der Waals surface area contributed by atoms with Gasteiger partial charge in [-0.15, -0.1) is 0 Å². The zero-order valence-electron chi connectivity index (χ0n) is 15.7. The Balaban J connectivity index is 1.74. The van der Waals surface area contributed by atoms with Crippen LogP contribution in [0.1, 0.15) is 16.7 Å². The number of aryl methyl sites for hydroxylation is 1. The molecule has 144 valence electrons. The van der Waals surface area contributed by atoms with Gasteiger partial charge in [0.25, 0.3) is 11.8 Å². The number of anilines is 1. The lowest BCUT2D eigenvalue weighted by atomic mass is 10.0. The Morgan fingerprint density at radius 2 is 1.55 bits per heavy atom. The number of carbonyl (C=O) groups excluding carboxylic acids is 2. The lowest BCUT2D eigenvalue weighted by molar-refractivity contribution is -0.137. The maximum Gasteiger partial charge on any atom is 0.278 e. The number of halogens is 1. The van der Waals surface area contributed by atoms with E-state index in [1.807, 2.05) is 31.2 Å². The van der Waals surface area contributed by atoms with E-state index in [1.54, 1.807) is 24.5 Å². The first-order chi connectivity index (χ1) is 14.0. The smallest absolute Gasteiger partial charge is 0.278 e. The van der Waals surface area contributed by atoms with Crippen LogP contribution >= 0.6 is 0 Å². The first-order valence-corrected chi connectivity index (χ1v) is 9.12. The summed E-state index contributed by atoms with van der Waals surface area (Å²) in [4.78, 5) is 31.5. The second-order valence-electron chi connectivity index (χ2n) is 6.80. The van der Waals surface area contributed by atoms with E-state index in [0.29, 0.717) is 16.8 Å². The van der Waals surface area contributed by atoms with Crippen LogP contribution in [0.2, 0.25) is 0 Å². The van der Waals surface area contributed by atoms with E-state index in [1.165, 1.54) is 29.2 Å². The van der Waals surface area contributed by atoms with Crippen molar-refractivity contribution in [3.05, 3.63) is 101 Å². The van der Waals surface area contributed by atoms with E-state index in [9.17, 15) is 14.0 Å². The van der Waals surface area contributed by atoms with Gasteiger partial charge in [-0.25, -0.2) is 4.39 Å². The number of imide groups is 1. The number of amides is 2. The predicted molar refractivity (Wildman–Crippen MR) is 108 cm³/mol. The fourth-order valence-electron chi connectivity index (χ4n) is 3.17. The molecular weight excluding hydrogens is 369 g/mol. The number of benzene rings is 2. The number of nitrogens with zero attached hydrogens (tertiary/aromatic N) is 2. The molecular formula is C23H18FN3O2. The number of rotatable bonds is 5. The Bertz CT molecular complexity index is 1090. The molecule has 0 aliphatic carbocycles. The van der Waals surface area contributed by atoms with Crippen molar-refractivity contribution in [2.24, 2.45) is 0 Å². The van der Waals surface area contributed by atoms with Gasteiger partial charge in [0.1, 0.15) is 11.5 Å². The van der Waals surface area contributed by atoms with Crippen molar-refractivity contribution >= 4 is 23.1 Å². The minimum Gasteiger partial charge on any atom is -0.350 e. The summed E-state index contributed by atoms with van der Waals surface area (Å²) in [5, 5.41) is 3.02. The molecule has 0 saturated carbocycles. The molecule has 2 heterocycles. The van der Waals surface area contributed by atoms with Crippen LogP contribution in [0.5, 0.6) is 0 Å². The molecule has 1 aromatic heterocycles. The van der Waals surface area contributed by atoms with Gasteiger partial charge >= 0.3 is 0 Å². The first kappa shape index (κ1) is 18.6. The lowest BCUT2D eigenvalue weighted by Crippen LogP contribution is -2.32. The highest BCUT2D eigenvalue weighted by Crippen LogP contribution is 2.31. The minimum atomic E-state index is -0.424. The van der Waals surface area contributed by atoms with Crippen LogP contribution in [0.15, 0.2) is 78.8 Å². The average molecular weight is 387 g/mol. The highest BCUT2D eigenvalue weighted by Gasteiger charge is 2.39. The Hall–Kier alpha value is -3.80.